The minimum atomic E-state index is -3.96. The SMILES string of the molecule is Cc1oc(C(=O)N(C)CCC(=O)O)cc1S(N)(=O)=O. The molecule has 0 spiro atoms. The Morgan fingerprint density at radius 2 is 2.05 bits per heavy atom. The Balaban J connectivity index is 2.92. The van der Waals surface area contributed by atoms with Gasteiger partial charge in [-0.1, -0.05) is 0 Å². The van der Waals surface area contributed by atoms with E-state index in [-0.39, 0.29) is 29.4 Å². The van der Waals surface area contributed by atoms with Gasteiger partial charge < -0.3 is 14.4 Å². The number of hydrogen-bond acceptors (Lipinski definition) is 5. The van der Waals surface area contributed by atoms with Gasteiger partial charge in [-0.15, -0.1) is 0 Å². The van der Waals surface area contributed by atoms with Gasteiger partial charge in [0.25, 0.3) is 5.91 Å². The lowest BCUT2D eigenvalue weighted by atomic mass is 10.3. The lowest BCUT2D eigenvalue weighted by Crippen LogP contribution is -2.28. The highest BCUT2D eigenvalue weighted by atomic mass is 32.2. The molecule has 1 aromatic heterocycles. The zero-order chi connectivity index (χ0) is 14.8. The summed E-state index contributed by atoms with van der Waals surface area (Å²) in [6.07, 6.45) is -0.218. The molecule has 0 aliphatic heterocycles. The van der Waals surface area contributed by atoms with Crippen molar-refractivity contribution < 1.29 is 27.5 Å². The number of carboxylic acids is 1. The topological polar surface area (TPSA) is 131 Å². The second-order valence-corrected chi connectivity index (χ2v) is 5.48. The summed E-state index contributed by atoms with van der Waals surface area (Å²) in [5.41, 5.74) is 0. The van der Waals surface area contributed by atoms with Crippen molar-refractivity contribution in [3.05, 3.63) is 17.6 Å². The Morgan fingerprint density at radius 3 is 2.47 bits per heavy atom. The summed E-state index contributed by atoms with van der Waals surface area (Å²) in [6.45, 7) is 1.35. The van der Waals surface area contributed by atoms with Crippen LogP contribution in [0, 0.1) is 6.92 Å². The highest BCUT2D eigenvalue weighted by Gasteiger charge is 2.23. The fourth-order valence-electron chi connectivity index (χ4n) is 1.41. The van der Waals surface area contributed by atoms with Crippen LogP contribution >= 0.6 is 0 Å². The van der Waals surface area contributed by atoms with Crippen molar-refractivity contribution in [2.75, 3.05) is 13.6 Å². The number of carbonyl (C=O) groups is 2. The van der Waals surface area contributed by atoms with E-state index in [9.17, 15) is 18.0 Å². The monoisotopic (exact) mass is 290 g/mol. The summed E-state index contributed by atoms with van der Waals surface area (Å²) < 4.78 is 27.4. The molecule has 0 aromatic carbocycles. The number of sulfonamides is 1. The van der Waals surface area contributed by atoms with Gasteiger partial charge in [0.05, 0.1) is 6.42 Å². The molecule has 0 bridgehead atoms. The van der Waals surface area contributed by atoms with Gasteiger partial charge in [-0.2, -0.15) is 0 Å². The number of amides is 1. The molecular formula is C10H14N2O6S. The van der Waals surface area contributed by atoms with Gasteiger partial charge in [0.2, 0.25) is 10.0 Å². The molecule has 8 nitrogen and oxygen atoms in total. The maximum atomic E-state index is 11.9. The zero-order valence-electron chi connectivity index (χ0n) is 10.4. The molecule has 1 amide bonds. The first-order valence-corrected chi connectivity index (χ1v) is 6.78. The zero-order valence-corrected chi connectivity index (χ0v) is 11.2. The van der Waals surface area contributed by atoms with Crippen molar-refractivity contribution in [3.63, 3.8) is 0 Å². The second-order valence-electron chi connectivity index (χ2n) is 3.95. The molecule has 0 saturated heterocycles. The summed E-state index contributed by atoms with van der Waals surface area (Å²) in [7, 11) is -2.57. The normalized spacial score (nSPS) is 11.3. The van der Waals surface area contributed by atoms with Crippen molar-refractivity contribution in [2.24, 2.45) is 5.14 Å². The number of furan rings is 1. The molecule has 0 fully saturated rings. The molecule has 9 heteroatoms. The van der Waals surface area contributed by atoms with E-state index in [4.69, 9.17) is 14.7 Å². The van der Waals surface area contributed by atoms with E-state index >= 15 is 0 Å². The van der Waals surface area contributed by atoms with E-state index in [1.165, 1.54) is 14.0 Å². The molecule has 0 unspecified atom stereocenters. The van der Waals surface area contributed by atoms with Crippen LogP contribution in [-0.4, -0.2) is 43.9 Å². The Kier molecular flexibility index (Phi) is 4.32. The van der Waals surface area contributed by atoms with Crippen LogP contribution in [0.5, 0.6) is 0 Å². The number of aliphatic carboxylic acids is 1. The largest absolute Gasteiger partial charge is 0.481 e. The molecule has 1 aromatic rings. The molecular weight excluding hydrogens is 276 g/mol. The number of rotatable bonds is 5. The Hall–Kier alpha value is -1.87. The third kappa shape index (κ3) is 3.80. The van der Waals surface area contributed by atoms with Crippen molar-refractivity contribution in [1.29, 1.82) is 0 Å². The number of nitrogens with two attached hydrogens (primary N) is 1. The van der Waals surface area contributed by atoms with Gasteiger partial charge in [0.15, 0.2) is 5.76 Å². The van der Waals surface area contributed by atoms with E-state index in [1.54, 1.807) is 0 Å². The van der Waals surface area contributed by atoms with E-state index in [1.807, 2.05) is 0 Å². The number of carboxylic acid groups (broad SMARTS) is 1. The third-order valence-electron chi connectivity index (χ3n) is 2.40. The molecule has 0 saturated carbocycles. The minimum absolute atomic E-state index is 0.0116. The predicted octanol–water partition coefficient (Wildman–Crippen LogP) is -0.218. The lowest BCUT2D eigenvalue weighted by Gasteiger charge is -2.13. The fraction of sp³-hybridized carbons (Fsp3) is 0.400. The fourth-order valence-corrected chi connectivity index (χ4v) is 2.12. The Labute approximate surface area is 109 Å². The van der Waals surface area contributed by atoms with Crippen molar-refractivity contribution in [1.82, 2.24) is 4.90 Å². The van der Waals surface area contributed by atoms with E-state index < -0.39 is 21.9 Å². The number of hydrogen-bond donors (Lipinski definition) is 2. The third-order valence-corrected chi connectivity index (χ3v) is 3.42. The number of nitrogens with zero attached hydrogens (tertiary/aromatic N) is 1. The maximum absolute atomic E-state index is 11.9. The lowest BCUT2D eigenvalue weighted by molar-refractivity contribution is -0.137. The summed E-state index contributed by atoms with van der Waals surface area (Å²) in [5, 5.41) is 13.5. The molecule has 0 radical (unpaired) electrons. The highest BCUT2D eigenvalue weighted by Crippen LogP contribution is 2.19. The number of carbonyl (C=O) groups excluding carboxylic acids is 1. The molecule has 0 aliphatic rings. The van der Waals surface area contributed by atoms with Crippen LogP contribution in [0.4, 0.5) is 0 Å². The summed E-state index contributed by atoms with van der Waals surface area (Å²) >= 11 is 0. The van der Waals surface area contributed by atoms with Gasteiger partial charge in [0, 0.05) is 19.7 Å². The van der Waals surface area contributed by atoms with Crippen LogP contribution in [0.2, 0.25) is 0 Å². The molecule has 106 valence electrons. The van der Waals surface area contributed by atoms with Gasteiger partial charge >= 0.3 is 5.97 Å². The van der Waals surface area contributed by atoms with Crippen molar-refractivity contribution in [2.45, 2.75) is 18.2 Å². The first-order valence-electron chi connectivity index (χ1n) is 5.23. The molecule has 3 N–H and O–H groups in total. The summed E-state index contributed by atoms with van der Waals surface area (Å²) in [6, 6.07) is 1.03. The van der Waals surface area contributed by atoms with Gasteiger partial charge in [0.1, 0.15) is 10.7 Å². The quantitative estimate of drug-likeness (QED) is 0.770. The molecule has 0 aliphatic carbocycles. The van der Waals surface area contributed by atoms with Crippen LogP contribution < -0.4 is 5.14 Å². The van der Waals surface area contributed by atoms with Crippen molar-refractivity contribution >= 4 is 21.9 Å². The van der Waals surface area contributed by atoms with E-state index in [2.05, 4.69) is 0 Å². The molecule has 0 atom stereocenters. The predicted molar refractivity (Wildman–Crippen MR) is 64.0 cm³/mol. The summed E-state index contributed by atoms with van der Waals surface area (Å²) in [4.78, 5) is 23.1. The minimum Gasteiger partial charge on any atom is -0.481 e. The summed E-state index contributed by atoms with van der Waals surface area (Å²) in [5.74, 6) is -1.84. The first-order chi connectivity index (χ1) is 8.62. The average Bonchev–Trinajstić information content (AvgIpc) is 2.66. The van der Waals surface area contributed by atoms with E-state index in [0.717, 1.165) is 11.0 Å². The van der Waals surface area contributed by atoms with Gasteiger partial charge in [-0.05, 0) is 6.92 Å². The van der Waals surface area contributed by atoms with Crippen molar-refractivity contribution in [3.8, 4) is 0 Å². The highest BCUT2D eigenvalue weighted by molar-refractivity contribution is 7.89. The van der Waals surface area contributed by atoms with Crippen LogP contribution in [0.1, 0.15) is 22.7 Å². The smallest absolute Gasteiger partial charge is 0.305 e. The maximum Gasteiger partial charge on any atom is 0.305 e. The first kappa shape index (κ1) is 15.2. The molecule has 1 rings (SSSR count). The van der Waals surface area contributed by atoms with Crippen LogP contribution in [0.3, 0.4) is 0 Å². The van der Waals surface area contributed by atoms with Crippen LogP contribution in [0.25, 0.3) is 0 Å². The van der Waals surface area contributed by atoms with Crippen LogP contribution in [0.15, 0.2) is 15.4 Å². The van der Waals surface area contributed by atoms with Crippen LogP contribution in [-0.2, 0) is 14.8 Å². The number of aryl methyl sites for hydroxylation is 1. The number of primary sulfonamides is 1. The Morgan fingerprint density at radius 1 is 1.47 bits per heavy atom. The van der Waals surface area contributed by atoms with Gasteiger partial charge in [-0.3, -0.25) is 9.59 Å². The van der Waals surface area contributed by atoms with E-state index in [0.29, 0.717) is 0 Å². The Bertz CT molecular complexity index is 604. The second kappa shape index (κ2) is 5.41. The standard InChI is InChI=1S/C10H14N2O6S/c1-6-8(19(11,16)17)5-7(18-6)10(15)12(2)4-3-9(13)14/h5H,3-4H2,1-2H3,(H,13,14)(H2,11,16,17). The van der Waals surface area contributed by atoms with Gasteiger partial charge in [-0.25, -0.2) is 13.6 Å². The average molecular weight is 290 g/mol. The molecule has 19 heavy (non-hydrogen) atoms. The molecule has 1 heterocycles.